The third kappa shape index (κ3) is 6.85. The normalized spacial score (nSPS) is 9.62. The summed E-state index contributed by atoms with van der Waals surface area (Å²) in [5, 5.41) is 3.47. The van der Waals surface area contributed by atoms with E-state index >= 15 is 0 Å². The van der Waals surface area contributed by atoms with Gasteiger partial charge in [-0.1, -0.05) is 12.1 Å². The van der Waals surface area contributed by atoms with Gasteiger partial charge in [0.25, 0.3) is 0 Å². The van der Waals surface area contributed by atoms with E-state index in [0.717, 1.165) is 26.1 Å². The van der Waals surface area contributed by atoms with Crippen molar-refractivity contribution < 1.29 is 0 Å². The van der Waals surface area contributed by atoms with Gasteiger partial charge in [-0.3, -0.25) is 0 Å². The molecule has 0 aliphatic rings. The van der Waals surface area contributed by atoms with Crippen LogP contribution in [0.15, 0.2) is 43.0 Å². The molecule has 2 rings (SSSR count). The van der Waals surface area contributed by atoms with E-state index in [1.54, 1.807) is 0 Å². The molecule has 2 aromatic rings. The highest BCUT2D eigenvalue weighted by Gasteiger charge is 1.96. The van der Waals surface area contributed by atoms with Crippen LogP contribution in [-0.4, -0.2) is 30.2 Å². The summed E-state index contributed by atoms with van der Waals surface area (Å²) in [6.07, 6.45) is 6.80. The molecule has 1 aromatic heterocycles. The van der Waals surface area contributed by atoms with Gasteiger partial charge in [0.2, 0.25) is 0 Å². The van der Waals surface area contributed by atoms with Crippen LogP contribution in [0, 0.1) is 0 Å². The van der Waals surface area contributed by atoms with Crippen molar-refractivity contribution in [1.82, 2.24) is 14.9 Å². The molecule has 0 atom stereocenters. The Kier molecular flexibility index (Phi) is 9.88. The molecule has 118 valence electrons. The fraction of sp³-hybridized carbons (Fsp3) is 0.400. The predicted octanol–water partition coefficient (Wildman–Crippen LogP) is 2.97. The van der Waals surface area contributed by atoms with Gasteiger partial charge >= 0.3 is 0 Å². The van der Waals surface area contributed by atoms with E-state index in [0.29, 0.717) is 0 Å². The summed E-state index contributed by atoms with van der Waals surface area (Å²) in [5.41, 5.74) is 2.57. The standard InChI is InChI=1S/C15H22N4.2ClH/c1-18(2)15-6-4-14(5-7-15)12-16-8-3-10-19-11-9-17-13-19;;/h4-7,9,11,13,16H,3,8,10,12H2,1-2H3;2*1H. The minimum absolute atomic E-state index is 0. The lowest BCUT2D eigenvalue weighted by atomic mass is 10.2. The average molecular weight is 331 g/mol. The van der Waals surface area contributed by atoms with Crippen molar-refractivity contribution in [2.24, 2.45) is 0 Å². The lowest BCUT2D eigenvalue weighted by Crippen LogP contribution is -2.16. The van der Waals surface area contributed by atoms with Gasteiger partial charge in [-0.2, -0.15) is 0 Å². The third-order valence-corrected chi connectivity index (χ3v) is 3.11. The van der Waals surface area contributed by atoms with Crippen LogP contribution in [0.3, 0.4) is 0 Å². The molecule has 4 nitrogen and oxygen atoms in total. The fourth-order valence-corrected chi connectivity index (χ4v) is 1.95. The van der Waals surface area contributed by atoms with Crippen molar-refractivity contribution in [2.45, 2.75) is 19.5 Å². The van der Waals surface area contributed by atoms with E-state index in [4.69, 9.17) is 0 Å². The zero-order chi connectivity index (χ0) is 13.5. The summed E-state index contributed by atoms with van der Waals surface area (Å²) < 4.78 is 2.10. The smallest absolute Gasteiger partial charge is 0.0945 e. The highest BCUT2D eigenvalue weighted by atomic mass is 35.5. The van der Waals surface area contributed by atoms with E-state index in [-0.39, 0.29) is 24.8 Å². The Bertz CT molecular complexity index is 469. The minimum atomic E-state index is 0. The maximum atomic E-state index is 4.03. The molecule has 0 amide bonds. The summed E-state index contributed by atoms with van der Waals surface area (Å²) >= 11 is 0. The van der Waals surface area contributed by atoms with E-state index in [9.17, 15) is 0 Å². The molecule has 21 heavy (non-hydrogen) atoms. The molecule has 1 N–H and O–H groups in total. The third-order valence-electron chi connectivity index (χ3n) is 3.11. The minimum Gasteiger partial charge on any atom is -0.378 e. The molecule has 6 heteroatoms. The number of hydrogen-bond donors (Lipinski definition) is 1. The average Bonchev–Trinajstić information content (AvgIpc) is 2.92. The highest BCUT2D eigenvalue weighted by Crippen LogP contribution is 2.11. The molecule has 1 aromatic carbocycles. The van der Waals surface area contributed by atoms with E-state index in [1.807, 2.05) is 18.7 Å². The van der Waals surface area contributed by atoms with E-state index in [2.05, 4.69) is 58.1 Å². The molecule has 0 radical (unpaired) electrons. The van der Waals surface area contributed by atoms with Crippen LogP contribution in [0.4, 0.5) is 5.69 Å². The largest absolute Gasteiger partial charge is 0.378 e. The summed E-state index contributed by atoms with van der Waals surface area (Å²) in [6.45, 7) is 2.97. The summed E-state index contributed by atoms with van der Waals surface area (Å²) in [4.78, 5) is 6.14. The Morgan fingerprint density at radius 1 is 1.14 bits per heavy atom. The monoisotopic (exact) mass is 330 g/mol. The topological polar surface area (TPSA) is 33.1 Å². The number of imidazole rings is 1. The molecule has 0 saturated heterocycles. The molecule has 0 saturated carbocycles. The maximum absolute atomic E-state index is 4.03. The Labute approximate surface area is 139 Å². The maximum Gasteiger partial charge on any atom is 0.0945 e. The second kappa shape index (κ2) is 10.5. The highest BCUT2D eigenvalue weighted by molar-refractivity contribution is 5.85. The predicted molar refractivity (Wildman–Crippen MR) is 93.8 cm³/mol. The molecule has 0 aliphatic carbocycles. The van der Waals surface area contributed by atoms with Crippen LogP contribution in [0.1, 0.15) is 12.0 Å². The van der Waals surface area contributed by atoms with Crippen LogP contribution in [0.5, 0.6) is 0 Å². The van der Waals surface area contributed by atoms with Crippen molar-refractivity contribution in [3.8, 4) is 0 Å². The van der Waals surface area contributed by atoms with E-state index in [1.165, 1.54) is 11.3 Å². The fourth-order valence-electron chi connectivity index (χ4n) is 1.95. The number of aryl methyl sites for hydroxylation is 1. The number of benzene rings is 1. The van der Waals surface area contributed by atoms with Gasteiger partial charge in [-0.25, -0.2) is 4.98 Å². The van der Waals surface area contributed by atoms with Crippen LogP contribution in [-0.2, 0) is 13.1 Å². The van der Waals surface area contributed by atoms with Crippen molar-refractivity contribution in [1.29, 1.82) is 0 Å². The molecular weight excluding hydrogens is 307 g/mol. The zero-order valence-electron chi connectivity index (χ0n) is 12.5. The van der Waals surface area contributed by atoms with Crippen molar-refractivity contribution in [3.63, 3.8) is 0 Å². The molecule has 0 unspecified atom stereocenters. The first-order valence-corrected chi connectivity index (χ1v) is 6.68. The second-order valence-corrected chi connectivity index (χ2v) is 4.89. The second-order valence-electron chi connectivity index (χ2n) is 4.89. The SMILES string of the molecule is CN(C)c1ccc(CNCCCn2ccnc2)cc1.Cl.Cl. The van der Waals surface area contributed by atoms with E-state index < -0.39 is 0 Å². The molecular formula is C15H24Cl2N4. The summed E-state index contributed by atoms with van der Waals surface area (Å²) in [5.74, 6) is 0. The molecule has 0 bridgehead atoms. The Hall–Kier alpha value is -1.23. The molecule has 0 spiro atoms. The van der Waals surface area contributed by atoms with Gasteiger partial charge in [0.05, 0.1) is 6.33 Å². The van der Waals surface area contributed by atoms with Gasteiger partial charge < -0.3 is 14.8 Å². The first kappa shape index (κ1) is 19.8. The van der Waals surface area contributed by atoms with Crippen LogP contribution >= 0.6 is 24.8 Å². The number of anilines is 1. The number of hydrogen-bond acceptors (Lipinski definition) is 3. The van der Waals surface area contributed by atoms with Gasteiger partial charge in [0, 0.05) is 45.3 Å². The van der Waals surface area contributed by atoms with Gasteiger partial charge in [-0.05, 0) is 30.7 Å². The summed E-state index contributed by atoms with van der Waals surface area (Å²) in [6, 6.07) is 8.67. The number of nitrogens with one attached hydrogen (secondary N) is 1. The quantitative estimate of drug-likeness (QED) is 0.792. The number of aromatic nitrogens is 2. The Morgan fingerprint density at radius 3 is 2.43 bits per heavy atom. The van der Waals surface area contributed by atoms with Crippen molar-refractivity contribution in [3.05, 3.63) is 48.5 Å². The zero-order valence-corrected chi connectivity index (χ0v) is 14.2. The molecule has 0 fully saturated rings. The van der Waals surface area contributed by atoms with Crippen molar-refractivity contribution >= 4 is 30.5 Å². The van der Waals surface area contributed by atoms with Gasteiger partial charge in [0.15, 0.2) is 0 Å². The first-order chi connectivity index (χ1) is 9.25. The van der Waals surface area contributed by atoms with Gasteiger partial charge in [0.1, 0.15) is 0 Å². The number of nitrogens with zero attached hydrogens (tertiary/aromatic N) is 3. The molecule has 0 aliphatic heterocycles. The summed E-state index contributed by atoms with van der Waals surface area (Å²) in [7, 11) is 4.12. The molecule has 1 heterocycles. The lowest BCUT2D eigenvalue weighted by molar-refractivity contribution is 0.581. The first-order valence-electron chi connectivity index (χ1n) is 6.68. The Balaban J connectivity index is 0.00000200. The lowest BCUT2D eigenvalue weighted by Gasteiger charge is -2.13. The Morgan fingerprint density at radius 2 is 1.86 bits per heavy atom. The van der Waals surface area contributed by atoms with Crippen molar-refractivity contribution in [2.75, 3.05) is 25.5 Å². The van der Waals surface area contributed by atoms with Gasteiger partial charge in [-0.15, -0.1) is 24.8 Å². The van der Waals surface area contributed by atoms with Crippen LogP contribution in [0.25, 0.3) is 0 Å². The van der Waals surface area contributed by atoms with Crippen LogP contribution in [0.2, 0.25) is 0 Å². The van der Waals surface area contributed by atoms with Crippen LogP contribution < -0.4 is 10.2 Å². The number of halogens is 2. The number of rotatable bonds is 7.